The normalized spacial score (nSPS) is 17.2. The number of alkyl carbamates (subject to hydrolysis) is 1. The van der Waals surface area contributed by atoms with Crippen LogP contribution in [0, 0.1) is 23.7 Å². The highest BCUT2D eigenvalue weighted by molar-refractivity contribution is 7.09. The number of ether oxygens (including phenoxy) is 5. The Labute approximate surface area is 456 Å². The molecule has 1 saturated heterocycles. The molecule has 0 radical (unpaired) electrons. The van der Waals surface area contributed by atoms with Crippen molar-refractivity contribution in [3.8, 4) is 0 Å². The Balaban J connectivity index is 1.14. The zero-order valence-corrected chi connectivity index (χ0v) is 47.6. The molecule has 6 atom stereocenters. The van der Waals surface area contributed by atoms with Crippen molar-refractivity contribution in [1.82, 2.24) is 35.6 Å². The number of carboxylic acids is 1. The fraction of sp³-hybridized carbons (Fsp3) is 0.732. The number of carbonyl (C=O) groups is 6. The van der Waals surface area contributed by atoms with Crippen LogP contribution in [0.1, 0.15) is 139 Å². The SMILES string of the molecule is CC[C@@H](C)[C@H](NC(=O)CN(C)CCOCCOCCOCCNC(=O)OCC1CCN(C2CCCCCC2)CC1)C(=O)N(C)[C@H](CC(OC(C)=O)c1nc(C(=O)N[C@@H](Cc2ccccc2)C[C@H](C)C(=O)O)cs1)C(C)C. The molecule has 1 aromatic carbocycles. The molecule has 4 N–H and O–H groups in total. The number of hydrogen-bond donors (Lipinski definition) is 4. The van der Waals surface area contributed by atoms with Crippen molar-refractivity contribution >= 4 is 47.1 Å². The minimum Gasteiger partial charge on any atom is -0.481 e. The molecule has 2 heterocycles. The number of rotatable bonds is 34. The molecule has 2 fully saturated rings. The Hall–Kier alpha value is -4.73. The predicted octanol–water partition coefficient (Wildman–Crippen LogP) is 6.75. The van der Waals surface area contributed by atoms with E-state index in [4.69, 9.17) is 23.7 Å². The molecule has 1 saturated carbocycles. The zero-order chi connectivity index (χ0) is 55.4. The van der Waals surface area contributed by atoms with Gasteiger partial charge in [-0.05, 0) is 82.0 Å². The predicted molar refractivity (Wildman–Crippen MR) is 292 cm³/mol. The van der Waals surface area contributed by atoms with Gasteiger partial charge in [0.05, 0.1) is 58.7 Å². The van der Waals surface area contributed by atoms with E-state index in [0.29, 0.717) is 83.1 Å². The summed E-state index contributed by atoms with van der Waals surface area (Å²) in [6.07, 6.45) is 10.4. The fourth-order valence-electron chi connectivity index (χ4n) is 9.86. The summed E-state index contributed by atoms with van der Waals surface area (Å²) in [5.41, 5.74) is 1.05. The third kappa shape index (κ3) is 23.5. The van der Waals surface area contributed by atoms with Gasteiger partial charge >= 0.3 is 18.0 Å². The van der Waals surface area contributed by atoms with E-state index < -0.39 is 54.1 Å². The second-order valence-electron chi connectivity index (χ2n) is 21.2. The van der Waals surface area contributed by atoms with E-state index in [1.54, 1.807) is 31.3 Å². The highest BCUT2D eigenvalue weighted by atomic mass is 32.1. The largest absolute Gasteiger partial charge is 0.481 e. The van der Waals surface area contributed by atoms with Gasteiger partial charge in [0.25, 0.3) is 5.91 Å². The summed E-state index contributed by atoms with van der Waals surface area (Å²) in [5.74, 6) is -3.16. The van der Waals surface area contributed by atoms with Gasteiger partial charge in [0, 0.05) is 57.0 Å². The summed E-state index contributed by atoms with van der Waals surface area (Å²) < 4.78 is 28.2. The van der Waals surface area contributed by atoms with Crippen LogP contribution in [0.3, 0.4) is 0 Å². The lowest BCUT2D eigenvalue weighted by Crippen LogP contribution is -2.55. The number of aromatic nitrogens is 1. The van der Waals surface area contributed by atoms with Crippen LogP contribution in [-0.2, 0) is 49.3 Å². The van der Waals surface area contributed by atoms with Crippen molar-refractivity contribution in [1.29, 1.82) is 0 Å². The number of hydrogen-bond acceptors (Lipinski definition) is 15. The average molecular weight is 1090 g/mol. The summed E-state index contributed by atoms with van der Waals surface area (Å²) in [7, 11) is 3.49. The van der Waals surface area contributed by atoms with E-state index >= 15 is 0 Å². The highest BCUT2D eigenvalue weighted by Gasteiger charge is 2.36. The van der Waals surface area contributed by atoms with Crippen molar-refractivity contribution in [3.63, 3.8) is 0 Å². The van der Waals surface area contributed by atoms with Crippen LogP contribution in [0.2, 0.25) is 0 Å². The molecular formula is C56H91N7O12S. The summed E-state index contributed by atoms with van der Waals surface area (Å²) in [4.78, 5) is 88.5. The Kier molecular flexibility index (Phi) is 29.3. The maximum Gasteiger partial charge on any atom is 0.407 e. The number of carboxylic acid groups (broad SMARTS) is 1. The molecule has 2 aliphatic rings. The number of likely N-dealkylation sites (N-methyl/N-ethyl adjacent to an activating group) is 2. The fourth-order valence-corrected chi connectivity index (χ4v) is 10.7. The van der Waals surface area contributed by atoms with Gasteiger partial charge in [-0.1, -0.05) is 97.1 Å². The molecule has 1 aliphatic carbocycles. The third-order valence-corrected chi connectivity index (χ3v) is 15.6. The van der Waals surface area contributed by atoms with E-state index in [1.165, 1.54) is 45.4 Å². The number of amides is 4. The molecule has 0 bridgehead atoms. The van der Waals surface area contributed by atoms with Gasteiger partial charge in [0.15, 0.2) is 6.10 Å². The summed E-state index contributed by atoms with van der Waals surface area (Å²) >= 11 is 1.16. The second kappa shape index (κ2) is 34.9. The van der Waals surface area contributed by atoms with Gasteiger partial charge in [-0.25, -0.2) is 9.78 Å². The lowest BCUT2D eigenvalue weighted by atomic mass is 9.93. The van der Waals surface area contributed by atoms with E-state index in [2.05, 4.69) is 25.8 Å². The highest BCUT2D eigenvalue weighted by Crippen LogP contribution is 2.32. The standard InChI is InChI=1S/C56H91N7O12S/c1-9-40(4)51(60-50(65)36-61(7)26-28-72-30-32-73-31-29-71-27-23-57-56(70)74-37-44-21-24-63(25-22-44)46-19-15-10-11-16-20-46)54(67)62(8)48(39(2)3)35-49(75-42(6)64)53-59-47(38-76-53)52(66)58-45(33-41(5)55(68)69)34-43-17-13-12-14-18-43/h12-14,17-18,38-41,44-46,48-49,51H,9-11,15-16,19-37H2,1-8H3,(H,57,70)(H,58,66)(H,60,65)(H,68,69)/t40-,41+,45-,48-,49?,51+/m1/s1. The van der Waals surface area contributed by atoms with E-state index in [9.17, 15) is 33.9 Å². The monoisotopic (exact) mass is 1090 g/mol. The molecular weight excluding hydrogens is 995 g/mol. The molecule has 4 amide bonds. The molecule has 1 aromatic heterocycles. The molecule has 19 nitrogen and oxygen atoms in total. The third-order valence-electron chi connectivity index (χ3n) is 14.7. The van der Waals surface area contributed by atoms with Crippen molar-refractivity contribution in [2.24, 2.45) is 23.7 Å². The topological polar surface area (TPSA) is 228 Å². The van der Waals surface area contributed by atoms with Gasteiger partial charge in [-0.15, -0.1) is 11.3 Å². The number of nitrogens with one attached hydrogen (secondary N) is 3. The number of esters is 1. The molecule has 428 valence electrons. The molecule has 2 aromatic rings. The van der Waals surface area contributed by atoms with E-state index in [0.717, 1.165) is 48.9 Å². The van der Waals surface area contributed by atoms with Crippen LogP contribution >= 0.6 is 11.3 Å². The minimum atomic E-state index is -0.959. The molecule has 20 heteroatoms. The first-order chi connectivity index (χ1) is 36.4. The van der Waals surface area contributed by atoms with Gasteiger partial charge in [-0.2, -0.15) is 0 Å². The van der Waals surface area contributed by atoms with Crippen molar-refractivity contribution < 1.29 is 57.6 Å². The second-order valence-corrected chi connectivity index (χ2v) is 22.0. The lowest BCUT2D eigenvalue weighted by Gasteiger charge is -2.37. The maximum atomic E-state index is 14.3. The van der Waals surface area contributed by atoms with Gasteiger partial charge in [0.1, 0.15) is 16.7 Å². The first-order valence-corrected chi connectivity index (χ1v) is 28.7. The number of aliphatic carboxylic acids is 1. The van der Waals surface area contributed by atoms with E-state index in [-0.39, 0.29) is 48.7 Å². The Morgan fingerprint density at radius 1 is 0.842 bits per heavy atom. The molecule has 1 aliphatic heterocycles. The van der Waals surface area contributed by atoms with E-state index in [1.807, 2.05) is 62.9 Å². The molecule has 1 unspecified atom stereocenters. The van der Waals surface area contributed by atoms with Gasteiger partial charge in [0.2, 0.25) is 11.8 Å². The van der Waals surface area contributed by atoms with Crippen LogP contribution in [0.5, 0.6) is 0 Å². The molecule has 76 heavy (non-hydrogen) atoms. The average Bonchev–Trinajstić information content (AvgIpc) is 3.74. The van der Waals surface area contributed by atoms with Crippen LogP contribution in [0.25, 0.3) is 0 Å². The van der Waals surface area contributed by atoms with Crippen molar-refractivity contribution in [3.05, 3.63) is 52.0 Å². The van der Waals surface area contributed by atoms with Crippen molar-refractivity contribution in [2.45, 2.75) is 149 Å². The number of benzene rings is 1. The van der Waals surface area contributed by atoms with Gasteiger partial charge < -0.3 is 54.5 Å². The number of carbonyl (C=O) groups excluding carboxylic acids is 5. The number of nitrogens with zero attached hydrogens (tertiary/aromatic N) is 4. The van der Waals surface area contributed by atoms with Gasteiger partial charge in [-0.3, -0.25) is 28.9 Å². The van der Waals surface area contributed by atoms with Crippen LogP contribution in [0.4, 0.5) is 4.79 Å². The minimum absolute atomic E-state index is 0.0428. The first kappa shape index (κ1) is 63.8. The maximum absolute atomic E-state index is 14.3. The lowest BCUT2D eigenvalue weighted by molar-refractivity contribution is -0.149. The quantitative estimate of drug-likeness (QED) is 0.0323. The number of thiazole rings is 1. The van der Waals surface area contributed by atoms with Crippen LogP contribution in [0.15, 0.2) is 35.7 Å². The number of likely N-dealkylation sites (tertiary alicyclic amines) is 1. The summed E-state index contributed by atoms with van der Waals surface area (Å²) in [6, 6.07) is 8.47. The Bertz CT molecular complexity index is 2030. The van der Waals surface area contributed by atoms with Crippen LogP contribution < -0.4 is 16.0 Å². The summed E-state index contributed by atoms with van der Waals surface area (Å²) in [6.45, 7) is 16.4. The molecule has 0 spiro atoms. The smallest absolute Gasteiger partial charge is 0.407 e. The Morgan fingerprint density at radius 3 is 2.11 bits per heavy atom. The van der Waals surface area contributed by atoms with Crippen LogP contribution in [-0.4, -0.2) is 178 Å². The zero-order valence-electron chi connectivity index (χ0n) is 46.8. The van der Waals surface area contributed by atoms with Crippen molar-refractivity contribution in [2.75, 3.05) is 93.1 Å². The molecule has 4 rings (SSSR count). The number of piperidine rings is 1. The first-order valence-electron chi connectivity index (χ1n) is 27.8. The Morgan fingerprint density at radius 2 is 1.49 bits per heavy atom. The summed E-state index contributed by atoms with van der Waals surface area (Å²) in [5, 5.41) is 20.3.